The Hall–Kier alpha value is -1.59. The van der Waals surface area contributed by atoms with Gasteiger partial charge in [0.15, 0.2) is 5.11 Å². The second kappa shape index (κ2) is 8.76. The summed E-state index contributed by atoms with van der Waals surface area (Å²) in [5.74, 6) is 0.880. The molecule has 0 saturated carbocycles. The second-order valence-electron chi connectivity index (χ2n) is 4.81. The molecule has 2 aromatic carbocycles. The van der Waals surface area contributed by atoms with Gasteiger partial charge in [0.25, 0.3) is 0 Å². The van der Waals surface area contributed by atoms with E-state index in [0.717, 1.165) is 41.0 Å². The maximum absolute atomic E-state index is 5.63. The third-order valence-corrected chi connectivity index (χ3v) is 3.71. The fraction of sp³-hybridized carbons (Fsp3) is 0.235. The molecular weight excluding hydrogens is 360 g/mol. The van der Waals surface area contributed by atoms with Gasteiger partial charge in [0, 0.05) is 15.8 Å². The van der Waals surface area contributed by atoms with Crippen LogP contribution in [0.2, 0.25) is 0 Å². The molecule has 0 amide bonds. The molecule has 0 unspecified atom stereocenters. The normalized spacial score (nSPS) is 10.1. The minimum Gasteiger partial charge on any atom is -0.494 e. The first-order valence-corrected chi connectivity index (χ1v) is 8.44. The number of halogens is 1. The van der Waals surface area contributed by atoms with Crippen LogP contribution in [-0.4, -0.2) is 11.7 Å². The Morgan fingerprint density at radius 3 is 2.09 bits per heavy atom. The van der Waals surface area contributed by atoms with Gasteiger partial charge in [-0.05, 0) is 67.2 Å². The van der Waals surface area contributed by atoms with Crippen LogP contribution in [0.15, 0.2) is 53.0 Å². The average molecular weight is 379 g/mol. The molecule has 0 heterocycles. The first-order valence-electron chi connectivity index (χ1n) is 7.24. The van der Waals surface area contributed by atoms with E-state index in [4.69, 9.17) is 17.0 Å². The highest BCUT2D eigenvalue weighted by molar-refractivity contribution is 9.10. The molecule has 22 heavy (non-hydrogen) atoms. The number of benzene rings is 2. The summed E-state index contributed by atoms with van der Waals surface area (Å²) in [4.78, 5) is 0. The van der Waals surface area contributed by atoms with Gasteiger partial charge in [-0.2, -0.15) is 0 Å². The molecule has 3 nitrogen and oxygen atoms in total. The number of anilines is 2. The Morgan fingerprint density at radius 2 is 1.55 bits per heavy atom. The van der Waals surface area contributed by atoms with Crippen molar-refractivity contribution in [1.29, 1.82) is 0 Å². The SMILES string of the molecule is CCCCOc1ccc(NC(=S)Nc2ccc(Br)cc2)cc1. The van der Waals surface area contributed by atoms with Gasteiger partial charge in [-0.15, -0.1) is 0 Å². The molecule has 0 saturated heterocycles. The lowest BCUT2D eigenvalue weighted by molar-refractivity contribution is 0.309. The fourth-order valence-electron chi connectivity index (χ4n) is 1.80. The van der Waals surface area contributed by atoms with Gasteiger partial charge in [0.1, 0.15) is 5.75 Å². The van der Waals surface area contributed by atoms with Crippen molar-refractivity contribution in [3.8, 4) is 5.75 Å². The zero-order valence-corrected chi connectivity index (χ0v) is 14.8. The summed E-state index contributed by atoms with van der Waals surface area (Å²) >= 11 is 8.71. The van der Waals surface area contributed by atoms with Crippen molar-refractivity contribution >= 4 is 44.6 Å². The third-order valence-electron chi connectivity index (χ3n) is 2.98. The minimum absolute atomic E-state index is 0.557. The quantitative estimate of drug-likeness (QED) is 0.518. The first-order chi connectivity index (χ1) is 10.7. The highest BCUT2D eigenvalue weighted by Gasteiger charge is 2.00. The van der Waals surface area contributed by atoms with Crippen molar-refractivity contribution in [2.24, 2.45) is 0 Å². The van der Waals surface area contributed by atoms with E-state index in [-0.39, 0.29) is 0 Å². The van der Waals surface area contributed by atoms with Crippen LogP contribution in [-0.2, 0) is 0 Å². The van der Waals surface area contributed by atoms with Gasteiger partial charge in [-0.25, -0.2) is 0 Å². The number of thiocarbonyl (C=S) groups is 1. The van der Waals surface area contributed by atoms with Crippen LogP contribution in [0.5, 0.6) is 5.75 Å². The fourth-order valence-corrected chi connectivity index (χ4v) is 2.30. The molecule has 0 aliphatic heterocycles. The molecule has 0 aromatic heterocycles. The Labute approximate surface area is 145 Å². The number of hydrogen-bond donors (Lipinski definition) is 2. The molecular formula is C17H19BrN2OS. The Morgan fingerprint density at radius 1 is 1.00 bits per heavy atom. The molecule has 0 aliphatic rings. The average Bonchev–Trinajstić information content (AvgIpc) is 2.51. The number of ether oxygens (including phenoxy) is 1. The lowest BCUT2D eigenvalue weighted by Gasteiger charge is -2.11. The van der Waals surface area contributed by atoms with Gasteiger partial charge in [0.05, 0.1) is 6.61 Å². The van der Waals surface area contributed by atoms with Crippen LogP contribution in [0.1, 0.15) is 19.8 Å². The van der Waals surface area contributed by atoms with Crippen LogP contribution in [0, 0.1) is 0 Å². The predicted octanol–water partition coefficient (Wildman–Crippen LogP) is 5.44. The molecule has 116 valence electrons. The lowest BCUT2D eigenvalue weighted by atomic mass is 10.3. The van der Waals surface area contributed by atoms with Crippen LogP contribution in [0.3, 0.4) is 0 Å². The summed E-state index contributed by atoms with van der Waals surface area (Å²) in [7, 11) is 0. The first kappa shape index (κ1) is 16.8. The van der Waals surface area contributed by atoms with Gasteiger partial charge >= 0.3 is 0 Å². The summed E-state index contributed by atoms with van der Waals surface area (Å²) in [5, 5.41) is 6.85. The van der Waals surface area contributed by atoms with E-state index >= 15 is 0 Å². The topological polar surface area (TPSA) is 33.3 Å². The Balaban J connectivity index is 1.84. The summed E-state index contributed by atoms with van der Waals surface area (Å²) < 4.78 is 6.67. The van der Waals surface area contributed by atoms with E-state index < -0.39 is 0 Å². The summed E-state index contributed by atoms with van der Waals surface area (Å²) in [6.45, 7) is 2.91. The van der Waals surface area contributed by atoms with Crippen molar-refractivity contribution in [3.05, 3.63) is 53.0 Å². The summed E-state index contributed by atoms with van der Waals surface area (Å²) in [6, 6.07) is 15.7. The van der Waals surface area contributed by atoms with Gasteiger partial charge in [0.2, 0.25) is 0 Å². The van der Waals surface area contributed by atoms with Crippen molar-refractivity contribution in [1.82, 2.24) is 0 Å². The van der Waals surface area contributed by atoms with Crippen molar-refractivity contribution in [3.63, 3.8) is 0 Å². The molecule has 2 aromatic rings. The Bertz CT molecular complexity index is 599. The molecule has 0 aliphatic carbocycles. The van der Waals surface area contributed by atoms with Crippen LogP contribution in [0.25, 0.3) is 0 Å². The largest absolute Gasteiger partial charge is 0.494 e. The number of nitrogens with one attached hydrogen (secondary N) is 2. The zero-order valence-electron chi connectivity index (χ0n) is 12.4. The van der Waals surface area contributed by atoms with Gasteiger partial charge < -0.3 is 15.4 Å². The third kappa shape index (κ3) is 5.66. The van der Waals surface area contributed by atoms with Gasteiger partial charge in [-0.1, -0.05) is 29.3 Å². The molecule has 0 bridgehead atoms. The molecule has 0 radical (unpaired) electrons. The number of unbranched alkanes of at least 4 members (excludes halogenated alkanes) is 1. The standard InChI is InChI=1S/C17H19BrN2OS/c1-2-3-12-21-16-10-8-15(9-11-16)20-17(22)19-14-6-4-13(18)5-7-14/h4-11H,2-3,12H2,1H3,(H2,19,20,22). The van der Waals surface area contributed by atoms with Crippen LogP contribution < -0.4 is 15.4 Å². The van der Waals surface area contributed by atoms with E-state index in [2.05, 4.69) is 33.5 Å². The molecule has 5 heteroatoms. The summed E-state index contributed by atoms with van der Waals surface area (Å²) in [6.07, 6.45) is 2.21. The second-order valence-corrected chi connectivity index (χ2v) is 6.14. The van der Waals surface area contributed by atoms with Crippen LogP contribution >= 0.6 is 28.1 Å². The predicted molar refractivity (Wildman–Crippen MR) is 101 cm³/mol. The van der Waals surface area contributed by atoms with E-state index in [0.29, 0.717) is 5.11 Å². The van der Waals surface area contributed by atoms with Crippen LogP contribution in [0.4, 0.5) is 11.4 Å². The summed E-state index contributed by atoms with van der Waals surface area (Å²) in [5.41, 5.74) is 1.87. The smallest absolute Gasteiger partial charge is 0.175 e. The monoisotopic (exact) mass is 378 g/mol. The van der Waals surface area contributed by atoms with E-state index in [1.54, 1.807) is 0 Å². The van der Waals surface area contributed by atoms with E-state index in [1.165, 1.54) is 0 Å². The zero-order chi connectivity index (χ0) is 15.8. The van der Waals surface area contributed by atoms with E-state index in [1.807, 2.05) is 48.5 Å². The Kier molecular flexibility index (Phi) is 6.68. The number of rotatable bonds is 6. The highest BCUT2D eigenvalue weighted by Crippen LogP contribution is 2.17. The molecule has 0 spiro atoms. The van der Waals surface area contributed by atoms with Gasteiger partial charge in [-0.3, -0.25) is 0 Å². The molecule has 2 N–H and O–H groups in total. The van der Waals surface area contributed by atoms with Crippen molar-refractivity contribution in [2.75, 3.05) is 17.2 Å². The minimum atomic E-state index is 0.557. The maximum atomic E-state index is 5.63. The number of hydrogen-bond acceptors (Lipinski definition) is 2. The maximum Gasteiger partial charge on any atom is 0.175 e. The molecule has 2 rings (SSSR count). The molecule has 0 fully saturated rings. The molecule has 0 atom stereocenters. The van der Waals surface area contributed by atoms with Crippen molar-refractivity contribution < 1.29 is 4.74 Å². The lowest BCUT2D eigenvalue weighted by Crippen LogP contribution is -2.18. The highest BCUT2D eigenvalue weighted by atomic mass is 79.9. The van der Waals surface area contributed by atoms with E-state index in [9.17, 15) is 0 Å². The van der Waals surface area contributed by atoms with Crippen molar-refractivity contribution in [2.45, 2.75) is 19.8 Å².